The molecule has 1 saturated carbocycles. The SMILES string of the molecule is COc1ccccc1-c1nccc(COc2ccccc2CC(Oc2nsc3cnc(C4CCC4)c(-c4ccc(OC)c(Cl)c4C)c23)C(=O)OCc2oc(=O)oc2C)n1. The summed E-state index contributed by atoms with van der Waals surface area (Å²) in [6.07, 6.45) is 5.37. The van der Waals surface area contributed by atoms with E-state index in [2.05, 4.69) is 4.98 Å². The Morgan fingerprint density at radius 2 is 1.69 bits per heavy atom. The van der Waals surface area contributed by atoms with E-state index in [9.17, 15) is 9.59 Å². The summed E-state index contributed by atoms with van der Waals surface area (Å²) in [7, 11) is 3.18. The first-order chi connectivity index (χ1) is 28.7. The van der Waals surface area contributed by atoms with Gasteiger partial charge in [-0.3, -0.25) is 4.98 Å². The van der Waals surface area contributed by atoms with Crippen molar-refractivity contribution in [1.29, 1.82) is 0 Å². The Bertz CT molecular complexity index is 2710. The Labute approximate surface area is 348 Å². The van der Waals surface area contributed by atoms with Crippen LogP contribution in [0, 0.1) is 13.8 Å². The van der Waals surface area contributed by atoms with Crippen LogP contribution in [0.15, 0.2) is 92.8 Å². The normalized spacial score (nSPS) is 13.2. The number of esters is 1. The third-order valence-corrected chi connectivity index (χ3v) is 11.6. The molecular weight excluding hydrogens is 796 g/mol. The van der Waals surface area contributed by atoms with Crippen LogP contribution >= 0.6 is 23.1 Å². The smallest absolute Gasteiger partial charge is 0.496 e. The molecule has 0 aliphatic heterocycles. The highest BCUT2D eigenvalue weighted by molar-refractivity contribution is 7.13. The second-order valence-corrected chi connectivity index (χ2v) is 15.1. The number of ether oxygens (including phenoxy) is 5. The van der Waals surface area contributed by atoms with Crippen LogP contribution in [0.3, 0.4) is 0 Å². The van der Waals surface area contributed by atoms with Crippen LogP contribution in [-0.2, 0) is 29.2 Å². The summed E-state index contributed by atoms with van der Waals surface area (Å²) >= 11 is 8.04. The van der Waals surface area contributed by atoms with Crippen molar-refractivity contribution in [3.05, 3.63) is 129 Å². The maximum absolute atomic E-state index is 14.1. The summed E-state index contributed by atoms with van der Waals surface area (Å²) in [6, 6.07) is 20.5. The number of hydrogen-bond acceptors (Lipinski definition) is 14. The highest BCUT2D eigenvalue weighted by Crippen LogP contribution is 2.48. The van der Waals surface area contributed by atoms with E-state index in [4.69, 9.17) is 58.5 Å². The van der Waals surface area contributed by atoms with Crippen molar-refractivity contribution in [2.45, 2.75) is 64.8 Å². The van der Waals surface area contributed by atoms with Gasteiger partial charge in [0.05, 0.1) is 46.3 Å². The fourth-order valence-electron chi connectivity index (χ4n) is 7.00. The van der Waals surface area contributed by atoms with Crippen molar-refractivity contribution >= 4 is 39.2 Å². The van der Waals surface area contributed by atoms with E-state index in [0.29, 0.717) is 44.7 Å². The maximum Gasteiger partial charge on any atom is 0.519 e. The van der Waals surface area contributed by atoms with Crippen LogP contribution in [-0.4, -0.2) is 45.6 Å². The molecule has 1 unspecified atom stereocenters. The summed E-state index contributed by atoms with van der Waals surface area (Å²) in [5.74, 6) is 1.37. The number of para-hydroxylation sites is 2. The number of methoxy groups -OCH3 is 2. The topological polar surface area (TPSA) is 158 Å². The third kappa shape index (κ3) is 8.23. The Morgan fingerprint density at radius 1 is 0.915 bits per heavy atom. The second kappa shape index (κ2) is 17.3. The van der Waals surface area contributed by atoms with Gasteiger partial charge >= 0.3 is 11.8 Å². The first-order valence-electron chi connectivity index (χ1n) is 18.9. The van der Waals surface area contributed by atoms with Crippen LogP contribution < -0.4 is 24.8 Å². The third-order valence-electron chi connectivity index (χ3n) is 10.4. The molecule has 1 aliphatic rings. The van der Waals surface area contributed by atoms with Crippen LogP contribution in [0.2, 0.25) is 5.02 Å². The molecule has 0 N–H and O–H groups in total. The number of fused-ring (bicyclic) bond motifs is 1. The summed E-state index contributed by atoms with van der Waals surface area (Å²) in [5, 5.41) is 1.20. The first-order valence-corrected chi connectivity index (χ1v) is 20.1. The molecule has 4 aromatic heterocycles. The average Bonchev–Trinajstić information content (AvgIpc) is 3.80. The van der Waals surface area contributed by atoms with Gasteiger partial charge in [-0.1, -0.05) is 54.4 Å². The van der Waals surface area contributed by atoms with Crippen molar-refractivity contribution in [2.75, 3.05) is 14.2 Å². The van der Waals surface area contributed by atoms with Crippen molar-refractivity contribution in [3.8, 4) is 45.6 Å². The lowest BCUT2D eigenvalue weighted by molar-refractivity contribution is -0.154. The quantitative estimate of drug-likeness (QED) is 0.0901. The van der Waals surface area contributed by atoms with Gasteiger partial charge in [0.15, 0.2) is 24.0 Å². The summed E-state index contributed by atoms with van der Waals surface area (Å²) < 4.78 is 45.4. The van der Waals surface area contributed by atoms with E-state index in [1.807, 2.05) is 73.8 Å². The average molecular weight is 835 g/mol. The van der Waals surface area contributed by atoms with Crippen molar-refractivity contribution < 1.29 is 37.3 Å². The zero-order valence-corrected chi connectivity index (χ0v) is 34.2. The molecule has 0 amide bonds. The number of carbonyl (C=O) groups excluding carboxylic acids is 1. The van der Waals surface area contributed by atoms with Crippen molar-refractivity contribution in [2.24, 2.45) is 0 Å². The van der Waals surface area contributed by atoms with Gasteiger partial charge in [-0.2, -0.15) is 4.37 Å². The van der Waals surface area contributed by atoms with Gasteiger partial charge in [0.1, 0.15) is 23.9 Å². The minimum atomic E-state index is -1.23. The van der Waals surface area contributed by atoms with Gasteiger partial charge in [0.25, 0.3) is 0 Å². The van der Waals surface area contributed by atoms with E-state index in [0.717, 1.165) is 51.9 Å². The van der Waals surface area contributed by atoms with Gasteiger partial charge in [-0.15, -0.1) is 0 Å². The molecule has 1 atom stereocenters. The Hall–Kier alpha value is -6.25. The van der Waals surface area contributed by atoms with Gasteiger partial charge in [0.2, 0.25) is 12.0 Å². The molecule has 7 aromatic rings. The minimum Gasteiger partial charge on any atom is -0.496 e. The van der Waals surface area contributed by atoms with Crippen molar-refractivity contribution in [3.63, 3.8) is 0 Å². The monoisotopic (exact) mass is 834 g/mol. The van der Waals surface area contributed by atoms with E-state index in [1.165, 1.54) is 11.5 Å². The van der Waals surface area contributed by atoms with E-state index < -0.39 is 17.9 Å². The molecule has 8 rings (SSSR count). The molecule has 15 heteroatoms. The lowest BCUT2D eigenvalue weighted by Crippen LogP contribution is -2.32. The van der Waals surface area contributed by atoms with E-state index >= 15 is 0 Å². The summed E-state index contributed by atoms with van der Waals surface area (Å²) in [6.45, 7) is 3.25. The Morgan fingerprint density at radius 3 is 2.44 bits per heavy atom. The molecular formula is C44H39ClN4O9S. The zero-order chi connectivity index (χ0) is 41.0. The zero-order valence-electron chi connectivity index (χ0n) is 32.7. The number of rotatable bonds is 15. The van der Waals surface area contributed by atoms with Gasteiger partial charge in [-0.05, 0) is 85.2 Å². The predicted octanol–water partition coefficient (Wildman–Crippen LogP) is 9.23. The predicted molar refractivity (Wildman–Crippen MR) is 220 cm³/mol. The molecule has 59 heavy (non-hydrogen) atoms. The van der Waals surface area contributed by atoms with Gasteiger partial charge in [-0.25, -0.2) is 19.6 Å². The maximum atomic E-state index is 14.1. The second-order valence-electron chi connectivity index (χ2n) is 13.9. The number of aromatic nitrogens is 4. The lowest BCUT2D eigenvalue weighted by Gasteiger charge is -2.28. The minimum absolute atomic E-state index is 0.0296. The lowest BCUT2D eigenvalue weighted by atomic mass is 9.79. The molecule has 1 aliphatic carbocycles. The van der Waals surface area contributed by atoms with Crippen molar-refractivity contribution in [1.82, 2.24) is 19.3 Å². The summed E-state index contributed by atoms with van der Waals surface area (Å²) in [5.41, 5.74) is 5.49. The molecule has 13 nitrogen and oxygen atoms in total. The summed E-state index contributed by atoms with van der Waals surface area (Å²) in [4.78, 5) is 40.0. The number of carbonyl (C=O) groups is 1. The standard InChI is InChI=1S/C44H39ClN4O9S/c1-24-29(16-17-33(53-4)39(24)45)37-38-36(21-47-40(37)26-11-9-12-26)59-49-42(38)57-34(43(50)55-23-35-25(2)56-44(51)58-35)20-27-10-5-7-14-31(27)54-22-28-18-19-46-41(48-28)30-13-6-8-15-32(30)52-3/h5-8,10,13-19,21,26,34H,9,11-12,20,22-23H2,1-4H3. The number of halogens is 1. The molecule has 0 radical (unpaired) electrons. The fourth-order valence-corrected chi connectivity index (χ4v) is 7.94. The number of benzene rings is 3. The Kier molecular flexibility index (Phi) is 11.6. The van der Waals surface area contributed by atoms with Crippen LogP contribution in [0.25, 0.3) is 32.6 Å². The molecule has 0 saturated heterocycles. The first kappa shape index (κ1) is 39.6. The van der Waals surface area contributed by atoms with E-state index in [1.54, 1.807) is 33.4 Å². The number of pyridine rings is 1. The Balaban J connectivity index is 1.14. The van der Waals surface area contributed by atoms with Gasteiger partial charge in [0, 0.05) is 30.3 Å². The highest BCUT2D eigenvalue weighted by Gasteiger charge is 2.32. The number of nitrogens with zero attached hydrogens (tertiary/aromatic N) is 4. The molecule has 0 bridgehead atoms. The van der Waals surface area contributed by atoms with Crippen LogP contribution in [0.5, 0.6) is 23.1 Å². The molecule has 302 valence electrons. The molecule has 4 heterocycles. The highest BCUT2D eigenvalue weighted by atomic mass is 35.5. The van der Waals surface area contributed by atoms with Crippen LogP contribution in [0.4, 0.5) is 0 Å². The number of aryl methyl sites for hydroxylation is 1. The number of hydrogen-bond donors (Lipinski definition) is 0. The fraction of sp³-hybridized carbons (Fsp3) is 0.273. The largest absolute Gasteiger partial charge is 0.519 e. The molecule has 1 fully saturated rings. The molecule has 0 spiro atoms. The van der Waals surface area contributed by atoms with Crippen LogP contribution in [0.1, 0.15) is 59.2 Å². The van der Waals surface area contributed by atoms with E-state index in [-0.39, 0.29) is 43.0 Å². The van der Waals surface area contributed by atoms with Gasteiger partial charge < -0.3 is 32.5 Å². The molecule has 3 aromatic carbocycles.